The van der Waals surface area contributed by atoms with Gasteiger partial charge in [-0.25, -0.2) is 0 Å². The van der Waals surface area contributed by atoms with Gasteiger partial charge in [0.1, 0.15) is 6.33 Å². The second-order valence-electron chi connectivity index (χ2n) is 2.66. The highest BCUT2D eigenvalue weighted by molar-refractivity contribution is 6.28. The minimum atomic E-state index is 0.342. The average Bonchev–Trinajstić information content (AvgIpc) is 2.64. The molecule has 0 aliphatic heterocycles. The lowest BCUT2D eigenvalue weighted by molar-refractivity contribution is 0.373. The van der Waals surface area contributed by atoms with Crippen molar-refractivity contribution in [2.75, 3.05) is 0 Å². The van der Waals surface area contributed by atoms with Gasteiger partial charge in [-0.1, -0.05) is 5.16 Å². The van der Waals surface area contributed by atoms with E-state index in [9.17, 15) is 0 Å². The van der Waals surface area contributed by atoms with Gasteiger partial charge in [-0.2, -0.15) is 0 Å². The van der Waals surface area contributed by atoms with E-state index in [1.165, 1.54) is 0 Å². The van der Waals surface area contributed by atoms with Crippen molar-refractivity contribution < 1.29 is 4.52 Å². The molecule has 0 aliphatic rings. The quantitative estimate of drug-likeness (QED) is 0.730. The van der Waals surface area contributed by atoms with E-state index in [0.29, 0.717) is 11.8 Å². The van der Waals surface area contributed by atoms with Crippen LogP contribution in [0.2, 0.25) is 5.28 Å². The molecular weight excluding hydrogens is 192 g/mol. The molecule has 0 fully saturated rings. The summed E-state index contributed by atoms with van der Waals surface area (Å²) in [6.45, 7) is 2.37. The van der Waals surface area contributed by atoms with E-state index in [1.807, 2.05) is 13.0 Å². The highest BCUT2D eigenvalue weighted by Gasteiger charge is 2.05. The van der Waals surface area contributed by atoms with Crippen molar-refractivity contribution in [2.24, 2.45) is 0 Å². The fraction of sp³-hybridized carbons (Fsp3) is 0.286. The first-order valence-corrected chi connectivity index (χ1v) is 4.09. The summed E-state index contributed by atoms with van der Waals surface area (Å²) in [5, 5.41) is 11.4. The van der Waals surface area contributed by atoms with E-state index in [0.717, 1.165) is 11.5 Å². The predicted molar refractivity (Wildman–Crippen MR) is 45.4 cm³/mol. The molecule has 2 aromatic heterocycles. The molecule has 0 radical (unpaired) electrons. The molecule has 6 heteroatoms. The lowest BCUT2D eigenvalue weighted by atomic mass is 10.4. The fourth-order valence-corrected chi connectivity index (χ4v) is 1.15. The van der Waals surface area contributed by atoms with Crippen molar-refractivity contribution in [1.82, 2.24) is 19.9 Å². The van der Waals surface area contributed by atoms with Crippen LogP contribution in [-0.2, 0) is 6.54 Å². The number of nitrogens with zero attached hydrogens (tertiary/aromatic N) is 4. The van der Waals surface area contributed by atoms with Crippen LogP contribution in [0.5, 0.6) is 0 Å². The van der Waals surface area contributed by atoms with Gasteiger partial charge in [0.05, 0.1) is 12.2 Å². The molecular formula is C7H7ClN4O. The Balaban J connectivity index is 2.19. The maximum Gasteiger partial charge on any atom is 0.225 e. The van der Waals surface area contributed by atoms with Gasteiger partial charge in [-0.15, -0.1) is 10.2 Å². The van der Waals surface area contributed by atoms with Crippen molar-refractivity contribution in [1.29, 1.82) is 0 Å². The van der Waals surface area contributed by atoms with Crippen LogP contribution in [0, 0.1) is 6.92 Å². The van der Waals surface area contributed by atoms with Crippen molar-refractivity contribution in [3.05, 3.63) is 29.1 Å². The largest absolute Gasteiger partial charge is 0.359 e. The molecule has 0 aromatic carbocycles. The summed E-state index contributed by atoms with van der Waals surface area (Å²) in [4.78, 5) is 0. The van der Waals surface area contributed by atoms with Crippen LogP contribution in [0.1, 0.15) is 11.5 Å². The summed E-state index contributed by atoms with van der Waals surface area (Å²) in [5.41, 5.74) is 0.846. The SMILES string of the molecule is Cc1cc(Cn2cnnc2Cl)on1. The van der Waals surface area contributed by atoms with Crippen LogP contribution in [0.4, 0.5) is 0 Å². The van der Waals surface area contributed by atoms with Crippen LogP contribution in [0.3, 0.4) is 0 Å². The lowest BCUT2D eigenvalue weighted by Crippen LogP contribution is -1.96. The third-order valence-electron chi connectivity index (χ3n) is 1.57. The van der Waals surface area contributed by atoms with E-state index >= 15 is 0 Å². The highest BCUT2D eigenvalue weighted by atomic mass is 35.5. The van der Waals surface area contributed by atoms with E-state index in [4.69, 9.17) is 16.1 Å². The molecule has 68 valence electrons. The summed E-state index contributed by atoms with van der Waals surface area (Å²) in [7, 11) is 0. The van der Waals surface area contributed by atoms with Gasteiger partial charge >= 0.3 is 0 Å². The van der Waals surface area contributed by atoms with Gasteiger partial charge in [-0.05, 0) is 18.5 Å². The van der Waals surface area contributed by atoms with E-state index in [2.05, 4.69) is 15.4 Å². The Morgan fingerprint density at radius 1 is 1.62 bits per heavy atom. The zero-order valence-corrected chi connectivity index (χ0v) is 7.69. The van der Waals surface area contributed by atoms with Crippen LogP contribution >= 0.6 is 11.6 Å². The van der Waals surface area contributed by atoms with Gasteiger partial charge in [0.15, 0.2) is 5.76 Å². The van der Waals surface area contributed by atoms with Crippen LogP contribution in [0.15, 0.2) is 16.9 Å². The van der Waals surface area contributed by atoms with Crippen molar-refractivity contribution in [3.8, 4) is 0 Å². The second-order valence-corrected chi connectivity index (χ2v) is 3.00. The zero-order valence-electron chi connectivity index (χ0n) is 6.94. The van der Waals surface area contributed by atoms with Crippen LogP contribution < -0.4 is 0 Å². The number of hydrogen-bond donors (Lipinski definition) is 0. The molecule has 0 bridgehead atoms. The minimum Gasteiger partial charge on any atom is -0.359 e. The third kappa shape index (κ3) is 1.70. The lowest BCUT2D eigenvalue weighted by Gasteiger charge is -1.96. The summed E-state index contributed by atoms with van der Waals surface area (Å²) in [6, 6.07) is 1.84. The van der Waals surface area contributed by atoms with E-state index in [1.54, 1.807) is 10.9 Å². The molecule has 0 amide bonds. The highest BCUT2D eigenvalue weighted by Crippen LogP contribution is 2.08. The molecule has 5 nitrogen and oxygen atoms in total. The Labute approximate surface area is 79.3 Å². The molecule has 0 unspecified atom stereocenters. The summed E-state index contributed by atoms with van der Waals surface area (Å²) in [5.74, 6) is 0.735. The fourth-order valence-electron chi connectivity index (χ4n) is 1.01. The topological polar surface area (TPSA) is 56.7 Å². The predicted octanol–water partition coefficient (Wildman–Crippen LogP) is 1.28. The maximum absolute atomic E-state index is 5.72. The number of rotatable bonds is 2. The number of aromatic nitrogens is 4. The Morgan fingerprint density at radius 3 is 3.00 bits per heavy atom. The molecule has 13 heavy (non-hydrogen) atoms. The molecule has 2 heterocycles. The number of halogens is 1. The Kier molecular flexibility index (Phi) is 2.02. The smallest absolute Gasteiger partial charge is 0.225 e. The van der Waals surface area contributed by atoms with Crippen LogP contribution in [-0.4, -0.2) is 19.9 Å². The molecule has 0 saturated carbocycles. The standard InChI is InChI=1S/C7H7ClN4O/c1-5-2-6(13-11-5)3-12-4-9-10-7(12)8/h2,4H,3H2,1H3. The van der Waals surface area contributed by atoms with E-state index < -0.39 is 0 Å². The second kappa shape index (κ2) is 3.18. The molecule has 0 saturated heterocycles. The molecule has 0 aliphatic carbocycles. The number of aryl methyl sites for hydroxylation is 1. The number of hydrogen-bond acceptors (Lipinski definition) is 4. The van der Waals surface area contributed by atoms with E-state index in [-0.39, 0.29) is 0 Å². The Hall–Kier alpha value is -1.36. The minimum absolute atomic E-state index is 0.342. The zero-order chi connectivity index (χ0) is 9.26. The first-order chi connectivity index (χ1) is 6.25. The first-order valence-electron chi connectivity index (χ1n) is 3.71. The van der Waals surface area contributed by atoms with Gasteiger partial charge in [-0.3, -0.25) is 4.57 Å². The third-order valence-corrected chi connectivity index (χ3v) is 1.86. The average molecular weight is 199 g/mol. The molecule has 0 spiro atoms. The molecule has 2 rings (SSSR count). The Bertz CT molecular complexity index is 408. The van der Waals surface area contributed by atoms with Crippen molar-refractivity contribution in [2.45, 2.75) is 13.5 Å². The van der Waals surface area contributed by atoms with Crippen molar-refractivity contribution in [3.63, 3.8) is 0 Å². The van der Waals surface area contributed by atoms with Gasteiger partial charge in [0.2, 0.25) is 5.28 Å². The van der Waals surface area contributed by atoms with Crippen LogP contribution in [0.25, 0.3) is 0 Å². The summed E-state index contributed by atoms with van der Waals surface area (Å²) >= 11 is 5.72. The maximum atomic E-state index is 5.72. The van der Waals surface area contributed by atoms with Gasteiger partial charge in [0.25, 0.3) is 0 Å². The van der Waals surface area contributed by atoms with Gasteiger partial charge in [0, 0.05) is 6.07 Å². The monoisotopic (exact) mass is 198 g/mol. The van der Waals surface area contributed by atoms with Crippen molar-refractivity contribution >= 4 is 11.6 Å². The first kappa shape index (κ1) is 8.25. The molecule has 2 aromatic rings. The molecule has 0 N–H and O–H groups in total. The molecule has 0 atom stereocenters. The van der Waals surface area contributed by atoms with Gasteiger partial charge < -0.3 is 4.52 Å². The Morgan fingerprint density at radius 2 is 2.46 bits per heavy atom. The normalized spacial score (nSPS) is 10.6. The summed E-state index contributed by atoms with van der Waals surface area (Å²) in [6.07, 6.45) is 1.54. The summed E-state index contributed by atoms with van der Waals surface area (Å²) < 4.78 is 6.68.